The van der Waals surface area contributed by atoms with E-state index in [0.29, 0.717) is 22.9 Å². The van der Waals surface area contributed by atoms with Crippen molar-refractivity contribution in [1.82, 2.24) is 24.8 Å². The van der Waals surface area contributed by atoms with Crippen LogP contribution in [0.1, 0.15) is 26.3 Å². The number of halogens is 1. The third kappa shape index (κ3) is 5.07. The molecular weight excluding hydrogens is 558 g/mol. The smallest absolute Gasteiger partial charge is 0.288 e. The number of fused-ring (bicyclic) bond motifs is 1. The lowest BCUT2D eigenvalue weighted by molar-refractivity contribution is -0.384. The van der Waals surface area contributed by atoms with Crippen LogP contribution in [0, 0.1) is 10.1 Å². The van der Waals surface area contributed by atoms with Crippen LogP contribution in [0.5, 0.6) is 0 Å². The van der Waals surface area contributed by atoms with Crippen molar-refractivity contribution >= 4 is 40.3 Å². The number of aromatic nitrogens is 5. The maximum atomic E-state index is 13.4. The van der Waals surface area contributed by atoms with Gasteiger partial charge in [0.2, 0.25) is 0 Å². The first kappa shape index (κ1) is 26.4. The first-order valence-corrected chi connectivity index (χ1v) is 12.9. The number of hydrogen-bond acceptors (Lipinski definition) is 8. The van der Waals surface area contributed by atoms with Gasteiger partial charge >= 0.3 is 0 Å². The fourth-order valence-electron chi connectivity index (χ4n) is 4.41. The molecule has 3 heterocycles. The number of rotatable bonds is 7. The molecule has 0 atom stereocenters. The molecule has 0 aliphatic rings. The molecule has 11 nitrogen and oxygen atoms in total. The predicted molar refractivity (Wildman–Crippen MR) is 155 cm³/mol. The van der Waals surface area contributed by atoms with Gasteiger partial charge in [-0.05, 0) is 54.6 Å². The van der Waals surface area contributed by atoms with Crippen LogP contribution in [-0.2, 0) is 0 Å². The number of benzene rings is 3. The second-order valence-electron chi connectivity index (χ2n) is 9.08. The maximum Gasteiger partial charge on any atom is 0.288 e. The summed E-state index contributed by atoms with van der Waals surface area (Å²) in [4.78, 5) is 41.3. The van der Waals surface area contributed by atoms with Gasteiger partial charge in [0.15, 0.2) is 17.3 Å². The SMILES string of the molecule is O=C(Nc1cccc(-c2ccc3nnc(-c4ccncc4)n3n2)c1)c1ccccc1C(=O)c1ccc(Cl)c([N+](=O)[O-])c1. The highest BCUT2D eigenvalue weighted by Crippen LogP contribution is 2.28. The summed E-state index contributed by atoms with van der Waals surface area (Å²) in [5.74, 6) is -0.515. The molecule has 0 aliphatic heterocycles. The lowest BCUT2D eigenvalue weighted by Gasteiger charge is -2.11. The minimum atomic E-state index is -0.666. The average Bonchev–Trinajstić information content (AvgIpc) is 3.45. The largest absolute Gasteiger partial charge is 0.322 e. The quantitative estimate of drug-likeness (QED) is 0.141. The highest BCUT2D eigenvalue weighted by atomic mass is 35.5. The zero-order valence-corrected chi connectivity index (χ0v) is 22.3. The van der Waals surface area contributed by atoms with E-state index < -0.39 is 22.3 Å². The summed E-state index contributed by atoms with van der Waals surface area (Å²) in [6, 6.07) is 24.4. The van der Waals surface area contributed by atoms with Crippen molar-refractivity contribution in [3.8, 4) is 22.6 Å². The van der Waals surface area contributed by atoms with Gasteiger partial charge in [-0.15, -0.1) is 10.2 Å². The van der Waals surface area contributed by atoms with Gasteiger partial charge in [-0.25, -0.2) is 0 Å². The molecule has 1 N–H and O–H groups in total. The van der Waals surface area contributed by atoms with Crippen LogP contribution in [0.15, 0.2) is 103 Å². The maximum absolute atomic E-state index is 13.4. The number of hydrogen-bond donors (Lipinski definition) is 1. The molecule has 42 heavy (non-hydrogen) atoms. The van der Waals surface area contributed by atoms with Gasteiger partial charge in [-0.2, -0.15) is 9.61 Å². The molecule has 1 amide bonds. The number of carbonyl (C=O) groups excluding carboxylic acids is 2. The Morgan fingerprint density at radius 1 is 0.833 bits per heavy atom. The Morgan fingerprint density at radius 2 is 1.62 bits per heavy atom. The molecule has 0 spiro atoms. The molecule has 0 radical (unpaired) electrons. The Morgan fingerprint density at radius 3 is 2.40 bits per heavy atom. The Hall–Kier alpha value is -5.81. The molecule has 0 bridgehead atoms. The van der Waals surface area contributed by atoms with E-state index in [1.165, 1.54) is 24.3 Å². The van der Waals surface area contributed by atoms with E-state index >= 15 is 0 Å². The van der Waals surface area contributed by atoms with Gasteiger partial charge in [0.25, 0.3) is 11.6 Å². The molecule has 6 rings (SSSR count). The van der Waals surface area contributed by atoms with Gasteiger partial charge in [0, 0.05) is 46.4 Å². The molecule has 0 fully saturated rings. The number of ketones is 1. The lowest BCUT2D eigenvalue weighted by Crippen LogP contribution is -2.17. The molecule has 0 saturated heterocycles. The topological polar surface area (TPSA) is 145 Å². The summed E-state index contributed by atoms with van der Waals surface area (Å²) in [6.07, 6.45) is 3.33. The summed E-state index contributed by atoms with van der Waals surface area (Å²) in [5.41, 5.74) is 3.04. The fourth-order valence-corrected chi connectivity index (χ4v) is 4.59. The monoisotopic (exact) mass is 575 g/mol. The first-order valence-electron chi connectivity index (χ1n) is 12.5. The van der Waals surface area contributed by atoms with E-state index in [0.717, 1.165) is 17.2 Å². The van der Waals surface area contributed by atoms with E-state index in [-0.39, 0.29) is 21.7 Å². The average molecular weight is 576 g/mol. The normalized spacial score (nSPS) is 10.9. The van der Waals surface area contributed by atoms with Gasteiger partial charge in [0.05, 0.1) is 16.2 Å². The molecule has 204 valence electrons. The molecule has 3 aromatic heterocycles. The Kier molecular flexibility index (Phi) is 6.91. The standard InChI is InChI=1S/C30H18ClN7O4/c31-24-9-8-20(17-26(24)38(41)42)28(39)22-6-1-2-7-23(22)30(40)33-21-5-3-4-19(16-21)25-10-11-27-34-35-29(37(27)36-25)18-12-14-32-15-13-18/h1-17H,(H,33,40). The van der Waals surface area contributed by atoms with Crippen molar-refractivity contribution in [3.05, 3.63) is 135 Å². The number of carbonyl (C=O) groups is 2. The van der Waals surface area contributed by atoms with Crippen LogP contribution in [0.25, 0.3) is 28.3 Å². The number of amides is 1. The van der Waals surface area contributed by atoms with Crippen molar-refractivity contribution < 1.29 is 14.5 Å². The van der Waals surface area contributed by atoms with Crippen LogP contribution < -0.4 is 5.32 Å². The molecule has 12 heteroatoms. The van der Waals surface area contributed by atoms with Gasteiger partial charge in [0.1, 0.15) is 5.02 Å². The van der Waals surface area contributed by atoms with Crippen LogP contribution in [0.4, 0.5) is 11.4 Å². The second kappa shape index (κ2) is 11.0. The summed E-state index contributed by atoms with van der Waals surface area (Å²) in [6.45, 7) is 0. The van der Waals surface area contributed by atoms with E-state index in [1.807, 2.05) is 18.2 Å². The number of nitrogens with zero attached hydrogens (tertiary/aromatic N) is 6. The van der Waals surface area contributed by atoms with E-state index in [9.17, 15) is 19.7 Å². The molecule has 0 saturated carbocycles. The number of nitro benzene ring substituents is 1. The number of nitrogens with one attached hydrogen (secondary N) is 1. The fraction of sp³-hybridized carbons (Fsp3) is 0. The summed E-state index contributed by atoms with van der Waals surface area (Å²) in [5, 5.41) is 27.2. The predicted octanol–water partition coefficient (Wildman–Crippen LogP) is 5.90. The van der Waals surface area contributed by atoms with Gasteiger partial charge in [-0.1, -0.05) is 41.9 Å². The highest BCUT2D eigenvalue weighted by molar-refractivity contribution is 6.33. The van der Waals surface area contributed by atoms with Crippen molar-refractivity contribution in [1.29, 1.82) is 0 Å². The van der Waals surface area contributed by atoms with Crippen molar-refractivity contribution in [3.63, 3.8) is 0 Å². The molecular formula is C30H18ClN7O4. The summed E-state index contributed by atoms with van der Waals surface area (Å²) >= 11 is 5.90. The van der Waals surface area contributed by atoms with Crippen LogP contribution >= 0.6 is 11.6 Å². The third-order valence-electron chi connectivity index (χ3n) is 6.44. The van der Waals surface area contributed by atoms with E-state index in [1.54, 1.807) is 59.4 Å². The van der Waals surface area contributed by atoms with Crippen molar-refractivity contribution in [2.24, 2.45) is 0 Å². The Bertz CT molecular complexity index is 2010. The third-order valence-corrected chi connectivity index (χ3v) is 6.76. The van der Waals surface area contributed by atoms with Gasteiger partial charge < -0.3 is 5.32 Å². The van der Waals surface area contributed by atoms with Gasteiger partial charge in [-0.3, -0.25) is 24.7 Å². The number of anilines is 1. The zero-order chi connectivity index (χ0) is 29.2. The minimum absolute atomic E-state index is 0.0370. The Labute approximate surface area is 242 Å². The van der Waals surface area contributed by atoms with Crippen molar-refractivity contribution in [2.45, 2.75) is 0 Å². The minimum Gasteiger partial charge on any atom is -0.322 e. The summed E-state index contributed by atoms with van der Waals surface area (Å²) < 4.78 is 1.64. The second-order valence-corrected chi connectivity index (χ2v) is 9.49. The highest BCUT2D eigenvalue weighted by Gasteiger charge is 2.22. The lowest BCUT2D eigenvalue weighted by atomic mass is 9.97. The number of nitro groups is 1. The first-order chi connectivity index (χ1) is 20.4. The molecule has 3 aromatic carbocycles. The zero-order valence-electron chi connectivity index (χ0n) is 21.5. The molecule has 0 unspecified atom stereocenters. The van der Waals surface area contributed by atoms with Crippen molar-refractivity contribution in [2.75, 3.05) is 5.32 Å². The summed E-state index contributed by atoms with van der Waals surface area (Å²) in [7, 11) is 0. The molecule has 0 aliphatic carbocycles. The van der Waals surface area contributed by atoms with E-state index in [4.69, 9.17) is 16.7 Å². The Balaban J connectivity index is 1.28. The van der Waals surface area contributed by atoms with Crippen LogP contribution in [-0.4, -0.2) is 41.4 Å². The van der Waals surface area contributed by atoms with Crippen LogP contribution in [0.2, 0.25) is 5.02 Å². The van der Waals surface area contributed by atoms with E-state index in [2.05, 4.69) is 20.5 Å². The van der Waals surface area contributed by atoms with Crippen LogP contribution in [0.3, 0.4) is 0 Å². The number of pyridine rings is 1. The molecule has 6 aromatic rings.